The summed E-state index contributed by atoms with van der Waals surface area (Å²) in [4.78, 5) is 11.0. The van der Waals surface area contributed by atoms with E-state index in [1.165, 1.54) is 0 Å². The van der Waals surface area contributed by atoms with Crippen molar-refractivity contribution in [2.45, 2.75) is 12.8 Å². The van der Waals surface area contributed by atoms with E-state index in [4.69, 9.17) is 4.74 Å². The van der Waals surface area contributed by atoms with Crippen molar-refractivity contribution in [3.63, 3.8) is 0 Å². The molecule has 0 radical (unpaired) electrons. The predicted octanol–water partition coefficient (Wildman–Crippen LogP) is 5.86. The number of rotatable bonds is 8. The minimum atomic E-state index is -0.399. The quantitative estimate of drug-likeness (QED) is 0.298. The Morgan fingerprint density at radius 1 is 1.00 bits per heavy atom. The average Bonchev–Trinajstić information content (AvgIpc) is 2.77. The third-order valence-corrected chi connectivity index (χ3v) is 4.76. The van der Waals surface area contributed by atoms with Gasteiger partial charge in [-0.2, -0.15) is 0 Å². The molecule has 0 aromatic heterocycles. The number of esters is 1. The lowest BCUT2D eigenvalue weighted by Gasteiger charge is -2.09. The van der Waals surface area contributed by atoms with Crippen molar-refractivity contribution in [1.82, 2.24) is 0 Å². The molecule has 3 aromatic rings. The zero-order valence-electron chi connectivity index (χ0n) is 16.5. The normalized spacial score (nSPS) is 10.4. The summed E-state index contributed by atoms with van der Waals surface area (Å²) in [5.74, 6) is -0.642. The average molecular weight is 389 g/mol. The van der Waals surface area contributed by atoms with Crippen LogP contribution in [0.4, 0.5) is 10.1 Å². The van der Waals surface area contributed by atoms with Crippen molar-refractivity contribution in [1.29, 1.82) is 0 Å². The maximum Gasteiger partial charge on any atom is 0.330 e. The zero-order chi connectivity index (χ0) is 20.6. The van der Waals surface area contributed by atoms with Gasteiger partial charge in [-0.3, -0.25) is 0 Å². The smallest absolute Gasteiger partial charge is 0.330 e. The van der Waals surface area contributed by atoms with E-state index in [9.17, 15) is 9.18 Å². The molecule has 0 saturated heterocycles. The number of carbonyl (C=O) groups excluding carboxylic acids is 1. The summed E-state index contributed by atoms with van der Waals surface area (Å²) in [7, 11) is 1.85. The van der Waals surface area contributed by atoms with Crippen LogP contribution in [0.25, 0.3) is 22.3 Å². The summed E-state index contributed by atoms with van der Waals surface area (Å²) < 4.78 is 19.7. The van der Waals surface area contributed by atoms with Crippen molar-refractivity contribution < 1.29 is 13.9 Å². The third-order valence-electron chi connectivity index (χ3n) is 4.76. The molecule has 0 saturated carbocycles. The number of benzene rings is 3. The van der Waals surface area contributed by atoms with E-state index in [2.05, 4.69) is 11.9 Å². The van der Waals surface area contributed by atoms with Gasteiger partial charge >= 0.3 is 5.97 Å². The molecule has 0 aliphatic carbocycles. The van der Waals surface area contributed by atoms with Crippen LogP contribution in [0.15, 0.2) is 79.4 Å². The van der Waals surface area contributed by atoms with E-state index in [-0.39, 0.29) is 5.82 Å². The largest absolute Gasteiger partial charge is 0.463 e. The van der Waals surface area contributed by atoms with E-state index in [0.717, 1.165) is 46.9 Å². The van der Waals surface area contributed by atoms with Gasteiger partial charge in [-0.1, -0.05) is 55.1 Å². The summed E-state index contributed by atoms with van der Waals surface area (Å²) in [5, 5.41) is 3.06. The molecule has 3 aromatic carbocycles. The van der Waals surface area contributed by atoms with Gasteiger partial charge in [0.2, 0.25) is 0 Å². The predicted molar refractivity (Wildman–Crippen MR) is 116 cm³/mol. The lowest BCUT2D eigenvalue weighted by Crippen LogP contribution is -2.02. The van der Waals surface area contributed by atoms with Crippen LogP contribution in [-0.2, 0) is 16.0 Å². The second-order valence-electron chi connectivity index (χ2n) is 6.69. The highest BCUT2D eigenvalue weighted by atomic mass is 19.1. The Labute approximate surface area is 170 Å². The van der Waals surface area contributed by atoms with Gasteiger partial charge in [-0.25, -0.2) is 9.18 Å². The van der Waals surface area contributed by atoms with Gasteiger partial charge in [0.1, 0.15) is 5.82 Å². The molecule has 4 heteroatoms. The standard InChI is InChI=1S/C25H24FNO2/c1-3-25(28)29-16-4-5-18-6-8-19(9-7-18)21-12-15-23(24(26)17-21)20-10-13-22(27-2)14-11-20/h3,6-15,17,27H,1,4-5,16H2,2H3. The van der Waals surface area contributed by atoms with Gasteiger partial charge in [0.15, 0.2) is 0 Å². The highest BCUT2D eigenvalue weighted by molar-refractivity contribution is 5.81. The number of hydrogen-bond acceptors (Lipinski definition) is 3. The number of nitrogens with one attached hydrogen (secondary N) is 1. The van der Waals surface area contributed by atoms with E-state index in [1.807, 2.05) is 67.7 Å². The Bertz CT molecular complexity index is 979. The number of aryl methyl sites for hydroxylation is 1. The van der Waals surface area contributed by atoms with Crippen LogP contribution in [0.2, 0.25) is 0 Å². The molecule has 1 N–H and O–H groups in total. The Morgan fingerprint density at radius 3 is 2.28 bits per heavy atom. The van der Waals surface area contributed by atoms with Gasteiger partial charge < -0.3 is 10.1 Å². The molecule has 0 unspecified atom stereocenters. The molecule has 0 atom stereocenters. The maximum atomic E-state index is 14.7. The molecule has 0 spiro atoms. The molecule has 0 heterocycles. The van der Waals surface area contributed by atoms with Crippen molar-refractivity contribution in [2.24, 2.45) is 0 Å². The summed E-state index contributed by atoms with van der Waals surface area (Å²) in [6.45, 7) is 3.74. The molecule has 3 rings (SSSR count). The summed E-state index contributed by atoms with van der Waals surface area (Å²) in [6.07, 6.45) is 2.71. The van der Waals surface area contributed by atoms with Crippen LogP contribution in [-0.4, -0.2) is 19.6 Å². The second kappa shape index (κ2) is 9.69. The lowest BCUT2D eigenvalue weighted by molar-refractivity contribution is -0.137. The Kier molecular flexibility index (Phi) is 6.80. The highest BCUT2D eigenvalue weighted by Crippen LogP contribution is 2.29. The van der Waals surface area contributed by atoms with Crippen LogP contribution in [0.3, 0.4) is 0 Å². The van der Waals surface area contributed by atoms with Crippen molar-refractivity contribution >= 4 is 11.7 Å². The van der Waals surface area contributed by atoms with Gasteiger partial charge in [-0.05, 0) is 53.3 Å². The van der Waals surface area contributed by atoms with E-state index >= 15 is 0 Å². The van der Waals surface area contributed by atoms with Crippen molar-refractivity contribution in [3.8, 4) is 22.3 Å². The highest BCUT2D eigenvalue weighted by Gasteiger charge is 2.08. The second-order valence-corrected chi connectivity index (χ2v) is 6.69. The molecule has 0 amide bonds. The Morgan fingerprint density at radius 2 is 1.66 bits per heavy atom. The van der Waals surface area contributed by atoms with Crippen LogP contribution in [0, 0.1) is 5.82 Å². The first-order valence-corrected chi connectivity index (χ1v) is 9.57. The Hall–Kier alpha value is -3.40. The van der Waals surface area contributed by atoms with Crippen LogP contribution < -0.4 is 5.32 Å². The third kappa shape index (κ3) is 5.32. The van der Waals surface area contributed by atoms with E-state index < -0.39 is 5.97 Å². The Balaban J connectivity index is 1.66. The summed E-state index contributed by atoms with van der Waals surface area (Å²) >= 11 is 0. The zero-order valence-corrected chi connectivity index (χ0v) is 16.5. The molecule has 148 valence electrons. The maximum absolute atomic E-state index is 14.7. The van der Waals surface area contributed by atoms with E-state index in [0.29, 0.717) is 12.2 Å². The number of halogens is 1. The molecule has 0 fully saturated rings. The van der Waals surface area contributed by atoms with Gasteiger partial charge in [0.25, 0.3) is 0 Å². The topological polar surface area (TPSA) is 38.3 Å². The monoisotopic (exact) mass is 389 g/mol. The van der Waals surface area contributed by atoms with Crippen LogP contribution >= 0.6 is 0 Å². The molecular formula is C25H24FNO2. The fourth-order valence-corrected chi connectivity index (χ4v) is 3.12. The first kappa shape index (κ1) is 20.3. The van der Waals surface area contributed by atoms with Crippen LogP contribution in [0.1, 0.15) is 12.0 Å². The SMILES string of the molecule is C=CC(=O)OCCCc1ccc(-c2ccc(-c3ccc(NC)cc3)c(F)c2)cc1. The van der Waals surface area contributed by atoms with E-state index in [1.54, 1.807) is 6.07 Å². The number of carbonyl (C=O) groups is 1. The van der Waals surface area contributed by atoms with Gasteiger partial charge in [0, 0.05) is 24.4 Å². The van der Waals surface area contributed by atoms with Crippen molar-refractivity contribution in [2.75, 3.05) is 19.0 Å². The fraction of sp³-hybridized carbons (Fsp3) is 0.160. The first-order valence-electron chi connectivity index (χ1n) is 9.57. The van der Waals surface area contributed by atoms with Gasteiger partial charge in [-0.15, -0.1) is 0 Å². The number of ether oxygens (including phenoxy) is 1. The number of anilines is 1. The molecule has 29 heavy (non-hydrogen) atoms. The van der Waals surface area contributed by atoms with Gasteiger partial charge in [0.05, 0.1) is 6.61 Å². The minimum Gasteiger partial charge on any atom is -0.463 e. The number of hydrogen-bond donors (Lipinski definition) is 1. The summed E-state index contributed by atoms with van der Waals surface area (Å²) in [5.41, 5.74) is 5.37. The molecule has 0 bridgehead atoms. The molecule has 0 aliphatic rings. The lowest BCUT2D eigenvalue weighted by atomic mass is 9.98. The molecule has 3 nitrogen and oxygen atoms in total. The first-order chi connectivity index (χ1) is 14.1. The minimum absolute atomic E-state index is 0.243. The molecule has 0 aliphatic heterocycles. The van der Waals surface area contributed by atoms with Crippen LogP contribution in [0.5, 0.6) is 0 Å². The van der Waals surface area contributed by atoms with Crippen molar-refractivity contribution in [3.05, 3.63) is 90.8 Å². The summed E-state index contributed by atoms with van der Waals surface area (Å²) in [6, 6.07) is 21.0. The molecular weight excluding hydrogens is 365 g/mol. The fourth-order valence-electron chi connectivity index (χ4n) is 3.12.